The molecule has 0 spiro atoms. The van der Waals surface area contributed by atoms with Crippen LogP contribution in [0.15, 0.2) is 54.6 Å². The first-order chi connectivity index (χ1) is 12.2. The maximum absolute atomic E-state index is 11.5. The van der Waals surface area contributed by atoms with Crippen LogP contribution >= 0.6 is 0 Å². The van der Waals surface area contributed by atoms with Crippen molar-refractivity contribution < 1.29 is 4.79 Å². The second-order valence-corrected chi connectivity index (χ2v) is 6.91. The lowest BCUT2D eigenvalue weighted by molar-refractivity contribution is -0.116. The average molecular weight is 342 g/mol. The summed E-state index contributed by atoms with van der Waals surface area (Å²) in [5.41, 5.74) is 7.21. The Kier molecular flexibility index (Phi) is 10.8. The van der Waals surface area contributed by atoms with Crippen molar-refractivity contribution in [3.63, 3.8) is 0 Å². The van der Waals surface area contributed by atoms with Crippen molar-refractivity contribution in [2.45, 2.75) is 71.3 Å². The van der Waals surface area contributed by atoms with Crippen molar-refractivity contribution in [2.24, 2.45) is 11.1 Å². The number of benzene rings is 1. The Bertz CT molecular complexity index is 520. The molecule has 0 radical (unpaired) electrons. The predicted octanol–water partition coefficient (Wildman–Crippen LogP) is 6.14. The predicted molar refractivity (Wildman–Crippen MR) is 108 cm³/mol. The summed E-state index contributed by atoms with van der Waals surface area (Å²) in [6.45, 7) is 4.30. The number of unbranched alkanes of at least 4 members (excludes halogenated alkanes) is 2. The largest absolute Gasteiger partial charge is 0.324 e. The van der Waals surface area contributed by atoms with E-state index in [-0.39, 0.29) is 11.5 Å². The molecule has 0 heterocycles. The highest BCUT2D eigenvalue weighted by molar-refractivity contribution is 5.59. The van der Waals surface area contributed by atoms with Gasteiger partial charge >= 0.3 is 0 Å². The van der Waals surface area contributed by atoms with E-state index in [9.17, 15) is 4.79 Å². The van der Waals surface area contributed by atoms with Gasteiger partial charge in [0.05, 0.1) is 0 Å². The third-order valence-electron chi connectivity index (χ3n) is 4.96. The highest BCUT2D eigenvalue weighted by atomic mass is 16.1. The van der Waals surface area contributed by atoms with Crippen LogP contribution in [-0.4, -0.2) is 6.29 Å². The van der Waals surface area contributed by atoms with Gasteiger partial charge in [-0.05, 0) is 44.1 Å². The van der Waals surface area contributed by atoms with Crippen LogP contribution in [0.1, 0.15) is 76.8 Å². The van der Waals surface area contributed by atoms with Crippen molar-refractivity contribution in [1.29, 1.82) is 0 Å². The topological polar surface area (TPSA) is 43.1 Å². The van der Waals surface area contributed by atoms with Crippen molar-refractivity contribution in [1.82, 2.24) is 0 Å². The number of nitrogens with two attached hydrogens (primary N) is 1. The SMILES string of the molecule is CCCCC(C=O)(CC)CC=CCCC=CCC(N)c1ccccc1. The van der Waals surface area contributed by atoms with Gasteiger partial charge in [-0.15, -0.1) is 0 Å². The van der Waals surface area contributed by atoms with Gasteiger partial charge in [-0.1, -0.05) is 81.3 Å². The van der Waals surface area contributed by atoms with Crippen molar-refractivity contribution in [2.75, 3.05) is 0 Å². The van der Waals surface area contributed by atoms with Crippen molar-refractivity contribution in [3.05, 3.63) is 60.2 Å². The zero-order chi connectivity index (χ0) is 18.4. The number of hydrogen-bond acceptors (Lipinski definition) is 2. The Morgan fingerprint density at radius 3 is 2.32 bits per heavy atom. The molecule has 138 valence electrons. The van der Waals surface area contributed by atoms with Crippen LogP contribution in [-0.2, 0) is 4.79 Å². The maximum atomic E-state index is 11.5. The highest BCUT2D eigenvalue weighted by Crippen LogP contribution is 2.31. The van der Waals surface area contributed by atoms with Crippen molar-refractivity contribution >= 4 is 6.29 Å². The van der Waals surface area contributed by atoms with E-state index >= 15 is 0 Å². The number of aldehydes is 1. The molecule has 0 fully saturated rings. The molecule has 2 N–H and O–H groups in total. The van der Waals surface area contributed by atoms with E-state index in [0.29, 0.717) is 0 Å². The van der Waals surface area contributed by atoms with Gasteiger partial charge in [0.25, 0.3) is 0 Å². The van der Waals surface area contributed by atoms with E-state index in [1.165, 1.54) is 11.8 Å². The molecule has 0 amide bonds. The van der Waals surface area contributed by atoms with Gasteiger partial charge in [0.1, 0.15) is 6.29 Å². The van der Waals surface area contributed by atoms with E-state index in [2.05, 4.69) is 50.3 Å². The number of hydrogen-bond donors (Lipinski definition) is 1. The molecule has 0 bridgehead atoms. The molecule has 1 rings (SSSR count). The summed E-state index contributed by atoms with van der Waals surface area (Å²) in [5.74, 6) is 0. The van der Waals surface area contributed by atoms with Crippen LogP contribution in [0.4, 0.5) is 0 Å². The molecular weight excluding hydrogens is 306 g/mol. The third kappa shape index (κ3) is 8.31. The van der Waals surface area contributed by atoms with Crippen LogP contribution < -0.4 is 5.73 Å². The van der Waals surface area contributed by atoms with Gasteiger partial charge in [0, 0.05) is 11.5 Å². The first-order valence-electron chi connectivity index (χ1n) is 9.74. The maximum Gasteiger partial charge on any atom is 0.126 e. The molecule has 0 saturated heterocycles. The fourth-order valence-electron chi connectivity index (χ4n) is 2.97. The Hall–Kier alpha value is -1.67. The average Bonchev–Trinajstić information content (AvgIpc) is 2.67. The molecule has 0 saturated carbocycles. The van der Waals surface area contributed by atoms with Gasteiger partial charge in [-0.3, -0.25) is 0 Å². The first kappa shape index (κ1) is 21.4. The molecular formula is C23H35NO. The molecule has 0 aliphatic carbocycles. The van der Waals surface area contributed by atoms with E-state index in [4.69, 9.17) is 5.73 Å². The number of carbonyl (C=O) groups is 1. The second kappa shape index (κ2) is 12.7. The summed E-state index contributed by atoms with van der Waals surface area (Å²) < 4.78 is 0. The molecule has 2 heteroatoms. The third-order valence-corrected chi connectivity index (χ3v) is 4.96. The number of carbonyl (C=O) groups excluding carboxylic acids is 1. The normalized spacial score (nSPS) is 15.5. The number of rotatable bonds is 13. The Morgan fingerprint density at radius 1 is 1.04 bits per heavy atom. The molecule has 1 aromatic carbocycles. The molecule has 2 nitrogen and oxygen atoms in total. The number of allylic oxidation sites excluding steroid dienone is 3. The first-order valence-corrected chi connectivity index (χ1v) is 9.74. The summed E-state index contributed by atoms with van der Waals surface area (Å²) >= 11 is 0. The summed E-state index contributed by atoms with van der Waals surface area (Å²) in [4.78, 5) is 11.5. The molecule has 0 aromatic heterocycles. The fraction of sp³-hybridized carbons (Fsp3) is 0.522. The van der Waals surface area contributed by atoms with Gasteiger partial charge in [0.15, 0.2) is 0 Å². The Morgan fingerprint density at radius 2 is 1.72 bits per heavy atom. The monoisotopic (exact) mass is 341 g/mol. The van der Waals surface area contributed by atoms with E-state index < -0.39 is 0 Å². The van der Waals surface area contributed by atoms with E-state index in [0.717, 1.165) is 51.4 Å². The Labute approximate surface area is 154 Å². The van der Waals surface area contributed by atoms with Crippen LogP contribution in [0.25, 0.3) is 0 Å². The van der Waals surface area contributed by atoms with Crippen LogP contribution in [0.2, 0.25) is 0 Å². The standard InChI is InChI=1S/C23H35NO/c1-3-5-18-23(4-2,20-25)19-14-9-7-6-8-13-17-22(24)21-15-11-10-12-16-21/h8-16,20,22H,3-7,17-19,24H2,1-2H3. The zero-order valence-corrected chi connectivity index (χ0v) is 16.0. The van der Waals surface area contributed by atoms with E-state index in [1.807, 2.05) is 18.2 Å². The minimum absolute atomic E-state index is 0.0734. The molecule has 0 aliphatic heterocycles. The minimum Gasteiger partial charge on any atom is -0.324 e. The van der Waals surface area contributed by atoms with Crippen LogP contribution in [0, 0.1) is 5.41 Å². The lowest BCUT2D eigenvalue weighted by Gasteiger charge is -2.24. The summed E-state index contributed by atoms with van der Waals surface area (Å²) in [6.07, 6.45) is 18.0. The smallest absolute Gasteiger partial charge is 0.126 e. The summed E-state index contributed by atoms with van der Waals surface area (Å²) in [7, 11) is 0. The summed E-state index contributed by atoms with van der Waals surface area (Å²) in [6, 6.07) is 10.3. The highest BCUT2D eigenvalue weighted by Gasteiger charge is 2.25. The minimum atomic E-state index is -0.148. The molecule has 2 atom stereocenters. The van der Waals surface area contributed by atoms with E-state index in [1.54, 1.807) is 0 Å². The fourth-order valence-corrected chi connectivity index (χ4v) is 2.97. The Balaban J connectivity index is 2.27. The second-order valence-electron chi connectivity index (χ2n) is 6.91. The van der Waals surface area contributed by atoms with Gasteiger partial charge in [0.2, 0.25) is 0 Å². The summed E-state index contributed by atoms with van der Waals surface area (Å²) in [5, 5.41) is 0. The molecule has 1 aromatic rings. The quantitative estimate of drug-likeness (QED) is 0.266. The molecule has 0 aliphatic rings. The zero-order valence-electron chi connectivity index (χ0n) is 16.0. The lowest BCUT2D eigenvalue weighted by atomic mass is 9.78. The molecule has 25 heavy (non-hydrogen) atoms. The van der Waals surface area contributed by atoms with Crippen molar-refractivity contribution in [3.8, 4) is 0 Å². The van der Waals surface area contributed by atoms with Gasteiger partial charge < -0.3 is 10.5 Å². The van der Waals surface area contributed by atoms with Crippen LogP contribution in [0.3, 0.4) is 0 Å². The van der Waals surface area contributed by atoms with Gasteiger partial charge in [-0.25, -0.2) is 0 Å². The molecule has 2 unspecified atom stereocenters. The van der Waals surface area contributed by atoms with Crippen LogP contribution in [0.5, 0.6) is 0 Å². The lowest BCUT2D eigenvalue weighted by Crippen LogP contribution is -2.20. The van der Waals surface area contributed by atoms with Gasteiger partial charge in [-0.2, -0.15) is 0 Å².